The summed E-state index contributed by atoms with van der Waals surface area (Å²) in [5.74, 6) is 4.37. The predicted molar refractivity (Wildman–Crippen MR) is 31.0 cm³/mol. The van der Waals surface area contributed by atoms with E-state index < -0.39 is 8.88 Å². The normalized spacial score (nSPS) is 12.7. The summed E-state index contributed by atoms with van der Waals surface area (Å²) in [7, 11) is 0.295. The molecule has 0 radical (unpaired) electrons. The lowest BCUT2D eigenvalue weighted by molar-refractivity contribution is -0.0677. The summed E-state index contributed by atoms with van der Waals surface area (Å²) in [6.07, 6.45) is 0. The van der Waals surface area contributed by atoms with E-state index in [4.69, 9.17) is 0 Å². The third-order valence-corrected chi connectivity index (χ3v) is 1.04. The van der Waals surface area contributed by atoms with E-state index in [1.807, 2.05) is 0 Å². The van der Waals surface area contributed by atoms with E-state index in [0.29, 0.717) is 0 Å². The van der Waals surface area contributed by atoms with Gasteiger partial charge in [-0.3, -0.25) is 0 Å². The first kappa shape index (κ1) is 9.15. The van der Waals surface area contributed by atoms with Crippen molar-refractivity contribution in [3.63, 3.8) is 0 Å². The molecule has 0 saturated heterocycles. The molecular weight excluding hydrogens is 149 g/mol. The molecule has 2 N–H and O–H groups in total. The first-order valence-corrected chi connectivity index (χ1v) is 2.72. The highest BCUT2D eigenvalue weighted by Gasteiger charge is 1.88. The van der Waals surface area contributed by atoms with Crippen LogP contribution in [0.2, 0.25) is 0 Å². The van der Waals surface area contributed by atoms with Crippen molar-refractivity contribution in [2.45, 2.75) is 0 Å². The van der Waals surface area contributed by atoms with E-state index in [1.54, 1.807) is 0 Å². The minimum atomic E-state index is -0.834. The van der Waals surface area contributed by atoms with Crippen LogP contribution in [0.5, 0.6) is 0 Å². The highest BCUT2D eigenvalue weighted by molar-refractivity contribution is 7.32. The van der Waals surface area contributed by atoms with Gasteiger partial charge in [0.15, 0.2) is 0 Å². The van der Waals surface area contributed by atoms with Crippen LogP contribution in [-0.4, -0.2) is 17.1 Å². The molecule has 0 aromatic rings. The monoisotopic (exact) mass is 155 g/mol. The Labute approximate surface area is 53.2 Å². The molecule has 0 aliphatic rings. The van der Waals surface area contributed by atoms with Crippen molar-refractivity contribution in [1.82, 2.24) is 9.99 Å². The van der Waals surface area contributed by atoms with Gasteiger partial charge in [-0.2, -0.15) is 5.90 Å². The van der Waals surface area contributed by atoms with Crippen LogP contribution in [0.1, 0.15) is 0 Å². The van der Waals surface area contributed by atoms with Gasteiger partial charge in [0.2, 0.25) is 0 Å². The van der Waals surface area contributed by atoms with Gasteiger partial charge in [0, 0.05) is 0 Å². The van der Waals surface area contributed by atoms with Crippen LogP contribution in [0.25, 0.3) is 0 Å². The summed E-state index contributed by atoms with van der Waals surface area (Å²) in [6, 6.07) is 0. The summed E-state index contributed by atoms with van der Waals surface area (Å²) in [4.78, 5) is 7.57. The standard InChI is InChI=1S/CH6N3O4P/c1-7-3(5)9-4(6)8-2/h9H,2H2,1H3/q-2. The van der Waals surface area contributed by atoms with E-state index in [9.17, 15) is 10.4 Å². The smallest absolute Gasteiger partial charge is 0.0567 e. The lowest BCUT2D eigenvalue weighted by atomic mass is 11.7. The second kappa shape index (κ2) is 4.98. The largest absolute Gasteiger partial charge is 0.758 e. The maximum atomic E-state index is 10.1. The fourth-order valence-electron chi connectivity index (χ4n) is 0.131. The van der Waals surface area contributed by atoms with Gasteiger partial charge in [-0.15, -0.1) is 0 Å². The van der Waals surface area contributed by atoms with Gasteiger partial charge in [-0.1, -0.05) is 0 Å². The molecule has 8 heteroatoms. The first-order valence-electron chi connectivity index (χ1n) is 1.82. The fraction of sp³-hybridized carbons (Fsp3) is 1.00. The topological polar surface area (TPSA) is 97.1 Å². The van der Waals surface area contributed by atoms with Gasteiger partial charge in [-0.05, 0) is 0 Å². The van der Waals surface area contributed by atoms with Crippen molar-refractivity contribution in [2.75, 3.05) is 7.11 Å². The second-order valence-electron chi connectivity index (χ2n) is 0.902. The van der Waals surface area contributed by atoms with Gasteiger partial charge >= 0.3 is 0 Å². The van der Waals surface area contributed by atoms with Crippen LogP contribution in [0.3, 0.4) is 0 Å². The van der Waals surface area contributed by atoms with E-state index in [-0.39, 0.29) is 9.99 Å². The van der Waals surface area contributed by atoms with E-state index in [2.05, 4.69) is 15.7 Å². The number of rotatable bonds is 4. The molecule has 0 bridgehead atoms. The highest BCUT2D eigenvalue weighted by Crippen LogP contribution is 2.19. The molecular formula is CH6N3O4P-2. The zero-order chi connectivity index (χ0) is 7.28. The summed E-state index contributed by atoms with van der Waals surface area (Å²) in [6.45, 7) is 0. The highest BCUT2D eigenvalue weighted by atomic mass is 31.1. The summed E-state index contributed by atoms with van der Waals surface area (Å²) < 4.78 is 0. The van der Waals surface area contributed by atoms with Gasteiger partial charge in [0.1, 0.15) is 0 Å². The first-order chi connectivity index (χ1) is 4.20. The molecule has 0 rings (SSSR count). The molecule has 0 saturated carbocycles. The molecule has 0 amide bonds. The summed E-state index contributed by atoms with van der Waals surface area (Å²) in [5.41, 5.74) is 0. The Morgan fingerprint density at radius 3 is 2.33 bits per heavy atom. The lowest BCUT2D eigenvalue weighted by Gasteiger charge is -2.32. The number of nitrogens with two attached hydrogens (primary N) is 1. The Kier molecular flexibility index (Phi) is 5.06. The molecule has 1 atom stereocenters. The van der Waals surface area contributed by atoms with Crippen molar-refractivity contribution in [3.05, 3.63) is 10.4 Å². The molecule has 0 spiro atoms. The molecule has 7 nitrogen and oxygen atoms in total. The maximum Gasteiger partial charge on any atom is 0.0567 e. The van der Waals surface area contributed by atoms with Gasteiger partial charge in [-0.25, -0.2) is 14.9 Å². The minimum Gasteiger partial charge on any atom is -0.758 e. The maximum absolute atomic E-state index is 10.1. The summed E-state index contributed by atoms with van der Waals surface area (Å²) in [5, 5.41) is 20.2. The van der Waals surface area contributed by atoms with Gasteiger partial charge in [0.05, 0.1) is 16.0 Å². The lowest BCUT2D eigenvalue weighted by Crippen LogP contribution is -2.17. The van der Waals surface area contributed by atoms with Crippen molar-refractivity contribution in [3.8, 4) is 0 Å². The molecule has 0 aromatic heterocycles. The second-order valence-corrected chi connectivity index (χ2v) is 1.83. The molecule has 0 aliphatic heterocycles. The number of hydrogen-bond acceptors (Lipinski definition) is 7. The van der Waals surface area contributed by atoms with E-state index in [0.717, 1.165) is 7.11 Å². The quantitative estimate of drug-likeness (QED) is 0.430. The molecule has 0 aromatic carbocycles. The zero-order valence-electron chi connectivity index (χ0n) is 4.60. The Morgan fingerprint density at radius 2 is 2.00 bits per heavy atom. The van der Waals surface area contributed by atoms with Crippen LogP contribution in [0.4, 0.5) is 0 Å². The van der Waals surface area contributed by atoms with Crippen molar-refractivity contribution in [1.29, 1.82) is 0 Å². The third-order valence-electron chi connectivity index (χ3n) is 0.425. The Morgan fingerprint density at radius 1 is 1.44 bits per heavy atom. The fourth-order valence-corrected chi connectivity index (χ4v) is 0.393. The minimum absolute atomic E-state index is 0.0415. The average molecular weight is 155 g/mol. The van der Waals surface area contributed by atoms with E-state index in [1.165, 1.54) is 0 Å². The number of nitrogens with zero attached hydrogens (tertiary/aromatic N) is 2. The zero-order valence-corrected chi connectivity index (χ0v) is 5.60. The van der Waals surface area contributed by atoms with E-state index >= 15 is 0 Å². The molecule has 9 heavy (non-hydrogen) atoms. The molecule has 56 valence electrons. The van der Waals surface area contributed by atoms with Crippen LogP contribution in [-0.2, 0) is 9.78 Å². The van der Waals surface area contributed by atoms with Crippen LogP contribution >= 0.6 is 8.88 Å². The molecule has 1 unspecified atom stereocenters. The van der Waals surface area contributed by atoms with Crippen LogP contribution in [0, 0.1) is 10.4 Å². The average Bonchev–Trinajstić information content (AvgIpc) is 1.87. The molecule has 0 heterocycles. The van der Waals surface area contributed by atoms with Gasteiger partial charge < -0.3 is 15.3 Å². The molecule has 0 fully saturated rings. The number of hydrogen-bond donors (Lipinski definition) is 1. The van der Waals surface area contributed by atoms with Crippen LogP contribution in [0.15, 0.2) is 0 Å². The SMILES string of the molecule is CON([O-])PN([O-])ON. The Balaban J connectivity index is 3.22. The van der Waals surface area contributed by atoms with Gasteiger partial charge in [0.25, 0.3) is 0 Å². The van der Waals surface area contributed by atoms with Crippen molar-refractivity contribution in [2.24, 2.45) is 5.90 Å². The Hall–Kier alpha value is 0.150. The van der Waals surface area contributed by atoms with Crippen LogP contribution < -0.4 is 5.90 Å². The van der Waals surface area contributed by atoms with Crippen molar-refractivity contribution < 1.29 is 9.78 Å². The van der Waals surface area contributed by atoms with Crippen molar-refractivity contribution >= 4 is 8.88 Å². The summed E-state index contributed by atoms with van der Waals surface area (Å²) >= 11 is 0. The third kappa shape index (κ3) is 4.64. The predicted octanol–water partition coefficient (Wildman–Crippen LogP) is -0.539. The Bertz CT molecular complexity index is 64.8. The molecule has 0 aliphatic carbocycles.